The van der Waals surface area contributed by atoms with E-state index < -0.39 is 0 Å². The van der Waals surface area contributed by atoms with E-state index in [0.29, 0.717) is 291 Å². The van der Waals surface area contributed by atoms with Crippen molar-refractivity contribution in [2.24, 2.45) is 0 Å². The van der Waals surface area contributed by atoms with Crippen molar-refractivity contribution in [3.63, 3.8) is 0 Å². The summed E-state index contributed by atoms with van der Waals surface area (Å²) in [7, 11) is 0. The summed E-state index contributed by atoms with van der Waals surface area (Å²) < 4.78 is 85.7. The minimum Gasteiger partial charge on any atom is -0.507 e. The van der Waals surface area contributed by atoms with Crippen molar-refractivity contribution in [2.75, 3.05) is 139 Å². The van der Waals surface area contributed by atoms with Gasteiger partial charge in [0.1, 0.15) is 143 Å². The molecule has 9 aromatic carbocycles. The van der Waals surface area contributed by atoms with Crippen LogP contribution in [-0.2, 0) is 28.4 Å². The largest absolute Gasteiger partial charge is 0.507 e. The van der Waals surface area contributed by atoms with Crippen LogP contribution in [0.5, 0.6) is 103 Å². The maximum Gasteiger partial charge on any atom is 0.167 e. The molecule has 0 radical (unpaired) electrons. The SMILES string of the molecule is CCCCCCOc1ccc(-c2nc(-c3ccc(OCCCCCC)c(C)c3O)nc(-c3ccc(OCCCCCC)c(C)c3O)n2)c(O)c1C.CCCOCCOc1ccc(-c2nc(-c3ccc(OCCOCCC)c(C)c3O)nc(-c3ccc(OCCOCCC)c(C)c3O)n2)c(O)c1C.CCOCCOc1ccc(-c2nc(-c3ccc(OCCOCC)c(C)c3O)nc(-c3ccc(OCCOCC)c(C)c3O)n2)c(O)c1C. The van der Waals surface area contributed by atoms with Crippen LogP contribution in [0.2, 0.25) is 0 Å². The van der Waals surface area contributed by atoms with Crippen molar-refractivity contribution in [2.45, 2.75) is 221 Å². The molecule has 0 aliphatic heterocycles. The lowest BCUT2D eigenvalue weighted by atomic mass is 10.0. The zero-order valence-corrected chi connectivity index (χ0v) is 90.5. The Morgan fingerprint density at radius 1 is 0.153 bits per heavy atom. The first kappa shape index (κ1) is 118. The number of aromatic nitrogens is 9. The second kappa shape index (κ2) is 61.3. The van der Waals surface area contributed by atoms with Crippen LogP contribution < -0.4 is 42.6 Å². The van der Waals surface area contributed by atoms with Gasteiger partial charge in [0, 0.05) is 89.7 Å². The topological polar surface area (TPSA) is 437 Å². The number of unbranched alkanes of at least 4 members (excludes halogenated alkanes) is 9. The molecule has 9 N–H and O–H groups in total. The number of hydrogen-bond acceptors (Lipinski definition) is 33. The summed E-state index contributed by atoms with van der Waals surface area (Å²) in [6.07, 6.45) is 15.7. The van der Waals surface area contributed by atoms with Gasteiger partial charge in [0.15, 0.2) is 52.4 Å². The number of phenols is 9. The highest BCUT2D eigenvalue weighted by molar-refractivity contribution is 5.82. The molecule has 33 nitrogen and oxygen atoms in total. The molecule has 0 bridgehead atoms. The second-order valence-electron chi connectivity index (χ2n) is 35.9. The molecule has 0 amide bonds. The Hall–Kier alpha value is -13.8. The number of rotatable bonds is 60. The number of nitrogens with zero attached hydrogens (tertiary/aromatic N) is 9. The standard InChI is InChI=1S/C42H57N3O6.C39H51N3O9.C36H45N3O9/c1-7-10-13-16-25-49-34-22-19-31(37(46)28(34)4)40-43-41(32-20-23-35(29(5)38(32)47)50-26-17-14-11-8-2)45-42(44-40)33-21-24-36(30(6)39(33)48)51-27-18-15-12-9-3;1-7-16-46-19-22-49-31-13-10-28(34(43)25(31)4)37-40-38(29-11-14-32(26(5)35(29)44)50-23-20-47-17-8-2)42-39(41-37)30-12-15-33(27(6)36(30)45)51-24-21-48-18-9-3;1-7-43-16-19-46-28-13-10-25(31(40)22(28)4)34-37-35(26-11-14-29(23(5)32(26)41)47-20-17-44-8-2)39-36(38-34)27-12-15-30(24(6)33(27)42)48-21-18-45-9-3/h19-24,46-48H,7-18,25-27H2,1-6H3;10-15,43-45H,7-9,16-24H2,1-6H3;10-15,40-42H,7-9,16-21H2,1-6H3. The summed E-state index contributed by atoms with van der Waals surface area (Å²) in [4.78, 5) is 42.4. The fourth-order valence-corrected chi connectivity index (χ4v) is 15.9. The van der Waals surface area contributed by atoms with Crippen LogP contribution in [0.3, 0.4) is 0 Å². The first-order valence-corrected chi connectivity index (χ1v) is 52.5. The summed E-state index contributed by atoms with van der Waals surface area (Å²) >= 11 is 0. The monoisotopic (exact) mass is 2070 g/mol. The third-order valence-electron chi connectivity index (χ3n) is 24.8. The van der Waals surface area contributed by atoms with Gasteiger partial charge in [-0.3, -0.25) is 0 Å². The molecular weight excluding hydrogens is 1920 g/mol. The van der Waals surface area contributed by atoms with Gasteiger partial charge < -0.3 is 117 Å². The lowest BCUT2D eigenvalue weighted by Crippen LogP contribution is -2.08. The molecule has 33 heteroatoms. The van der Waals surface area contributed by atoms with Gasteiger partial charge in [-0.25, -0.2) is 44.9 Å². The number of benzene rings is 9. The van der Waals surface area contributed by atoms with Crippen LogP contribution >= 0.6 is 0 Å². The summed E-state index contributed by atoms with van der Waals surface area (Å²) in [6, 6.07) is 31.0. The molecule has 0 fully saturated rings. The van der Waals surface area contributed by atoms with Crippen LogP contribution in [0, 0.1) is 62.3 Å². The molecule has 810 valence electrons. The quantitative estimate of drug-likeness (QED) is 0.0160. The van der Waals surface area contributed by atoms with Gasteiger partial charge in [-0.2, -0.15) is 0 Å². The molecule has 0 saturated carbocycles. The molecule has 0 aliphatic carbocycles. The minimum atomic E-state index is -0.0797. The predicted octanol–water partition coefficient (Wildman–Crippen LogP) is 24.3. The van der Waals surface area contributed by atoms with Gasteiger partial charge in [0.2, 0.25) is 0 Å². The van der Waals surface area contributed by atoms with Crippen LogP contribution in [-0.4, -0.2) is 230 Å². The molecule has 0 atom stereocenters. The molecule has 3 aromatic heterocycles. The summed E-state index contributed by atoms with van der Waals surface area (Å²) in [5.41, 5.74) is 7.72. The van der Waals surface area contributed by atoms with Crippen LogP contribution in [0.1, 0.15) is 209 Å². The molecular formula is C117H153N9O24. The van der Waals surface area contributed by atoms with Crippen molar-refractivity contribution in [1.29, 1.82) is 0 Å². The zero-order chi connectivity index (χ0) is 108. The average molecular weight is 2070 g/mol. The molecule has 0 saturated heterocycles. The lowest BCUT2D eigenvalue weighted by Gasteiger charge is -2.16. The number of phenolic OH excluding ortho intramolecular Hbond substituents is 9. The van der Waals surface area contributed by atoms with E-state index in [4.69, 9.17) is 101 Å². The number of hydrogen-bond donors (Lipinski definition) is 9. The normalized spacial score (nSPS) is 11.2. The Bertz CT molecular complexity index is 5440. The fraction of sp³-hybridized carbons (Fsp3) is 0.462. The molecule has 0 spiro atoms. The van der Waals surface area contributed by atoms with Gasteiger partial charge in [0.05, 0.1) is 110 Å². The third-order valence-corrected chi connectivity index (χ3v) is 24.8. The molecule has 12 aromatic rings. The van der Waals surface area contributed by atoms with Gasteiger partial charge >= 0.3 is 0 Å². The fourth-order valence-electron chi connectivity index (χ4n) is 15.9. The van der Waals surface area contributed by atoms with Crippen molar-refractivity contribution < 1.29 is 117 Å². The minimum absolute atomic E-state index is 0.0106. The Morgan fingerprint density at radius 2 is 0.293 bits per heavy atom. The summed E-state index contributed by atoms with van der Waals surface area (Å²) in [5, 5.41) is 102. The Labute approximate surface area is 882 Å². The summed E-state index contributed by atoms with van der Waals surface area (Å²) in [6.45, 7) is 44.0. The van der Waals surface area contributed by atoms with Crippen molar-refractivity contribution in [3.05, 3.63) is 159 Å². The first-order chi connectivity index (χ1) is 72.6. The van der Waals surface area contributed by atoms with E-state index in [-0.39, 0.29) is 104 Å². The number of ether oxygens (including phenoxy) is 15. The molecule has 150 heavy (non-hydrogen) atoms. The van der Waals surface area contributed by atoms with Crippen LogP contribution in [0.15, 0.2) is 109 Å². The van der Waals surface area contributed by atoms with Crippen molar-refractivity contribution in [3.8, 4) is 206 Å². The molecule has 12 rings (SSSR count). The Kier molecular flexibility index (Phi) is 48.3. The maximum absolute atomic E-state index is 11.4. The zero-order valence-electron chi connectivity index (χ0n) is 90.5. The maximum atomic E-state index is 11.4. The number of aromatic hydroxyl groups is 9. The average Bonchev–Trinajstić information content (AvgIpc) is 0.773. The van der Waals surface area contributed by atoms with E-state index in [1.165, 1.54) is 0 Å². The van der Waals surface area contributed by atoms with E-state index in [0.717, 1.165) is 96.3 Å². The van der Waals surface area contributed by atoms with Gasteiger partial charge in [0.25, 0.3) is 0 Å². The highest BCUT2D eigenvalue weighted by Crippen LogP contribution is 2.48. The highest BCUT2D eigenvalue weighted by Gasteiger charge is 2.29. The highest BCUT2D eigenvalue weighted by atomic mass is 16.6. The van der Waals surface area contributed by atoms with Crippen LogP contribution in [0.4, 0.5) is 0 Å². The van der Waals surface area contributed by atoms with E-state index in [9.17, 15) is 46.0 Å². The van der Waals surface area contributed by atoms with Gasteiger partial charge in [-0.05, 0) is 231 Å². The van der Waals surface area contributed by atoms with Gasteiger partial charge in [-0.15, -0.1) is 0 Å². The van der Waals surface area contributed by atoms with Crippen molar-refractivity contribution in [1.82, 2.24) is 44.9 Å². The molecule has 0 aliphatic rings. The lowest BCUT2D eigenvalue weighted by molar-refractivity contribution is 0.100. The van der Waals surface area contributed by atoms with Gasteiger partial charge in [-0.1, -0.05) is 99.3 Å². The van der Waals surface area contributed by atoms with Crippen LogP contribution in [0.25, 0.3) is 102 Å². The second-order valence-corrected chi connectivity index (χ2v) is 35.9. The Balaban J connectivity index is 0.000000230. The molecule has 3 heterocycles. The predicted molar refractivity (Wildman–Crippen MR) is 581 cm³/mol. The third kappa shape index (κ3) is 32.4. The summed E-state index contributed by atoms with van der Waals surface area (Å²) in [5.74, 6) is 5.59. The van der Waals surface area contributed by atoms with E-state index in [1.807, 2.05) is 59.7 Å². The molecule has 0 unspecified atom stereocenters. The Morgan fingerprint density at radius 3 is 0.427 bits per heavy atom. The smallest absolute Gasteiger partial charge is 0.167 e. The van der Waals surface area contributed by atoms with E-state index >= 15 is 0 Å². The van der Waals surface area contributed by atoms with E-state index in [1.54, 1.807) is 153 Å². The van der Waals surface area contributed by atoms with Crippen molar-refractivity contribution >= 4 is 0 Å². The first-order valence-electron chi connectivity index (χ1n) is 52.5. The van der Waals surface area contributed by atoms with E-state index in [2.05, 4.69) is 35.7 Å².